The number of ketones is 1. The van der Waals surface area contributed by atoms with Gasteiger partial charge in [0.15, 0.2) is 5.78 Å². The summed E-state index contributed by atoms with van der Waals surface area (Å²) in [4.78, 5) is 14.4. The number of carbonyl (C=O) groups is 1. The molecule has 0 unspecified atom stereocenters. The second-order valence-corrected chi connectivity index (χ2v) is 6.77. The summed E-state index contributed by atoms with van der Waals surface area (Å²) in [6.07, 6.45) is 2.26. The van der Waals surface area contributed by atoms with Gasteiger partial charge in [0.1, 0.15) is 0 Å². The number of anilines is 1. The van der Waals surface area contributed by atoms with E-state index in [0.717, 1.165) is 31.5 Å². The Kier molecular flexibility index (Phi) is 5.66. The smallest absolute Gasteiger partial charge is 0.165 e. The normalized spacial score (nSPS) is 15.8. The van der Waals surface area contributed by atoms with Crippen molar-refractivity contribution in [2.45, 2.75) is 40.5 Å². The van der Waals surface area contributed by atoms with E-state index in [9.17, 15) is 4.79 Å². The number of hydrogen-bond donors (Lipinski definition) is 0. The predicted octanol–water partition coefficient (Wildman–Crippen LogP) is 4.40. The van der Waals surface area contributed by atoms with Gasteiger partial charge in [-0.05, 0) is 37.1 Å². The van der Waals surface area contributed by atoms with Crippen LogP contribution in [-0.2, 0) is 0 Å². The van der Waals surface area contributed by atoms with E-state index in [2.05, 4.69) is 42.7 Å². The lowest BCUT2D eigenvalue weighted by atomic mass is 9.96. The zero-order valence-electron chi connectivity index (χ0n) is 14.2. The van der Waals surface area contributed by atoms with E-state index in [1.165, 1.54) is 5.69 Å². The van der Waals surface area contributed by atoms with Crippen LogP contribution in [0.25, 0.3) is 0 Å². The molecule has 1 aromatic rings. The van der Waals surface area contributed by atoms with Gasteiger partial charge >= 0.3 is 0 Å². The van der Waals surface area contributed by atoms with Crippen molar-refractivity contribution in [1.82, 2.24) is 0 Å². The third-order valence-corrected chi connectivity index (χ3v) is 4.11. The summed E-state index contributed by atoms with van der Waals surface area (Å²) >= 11 is 0. The molecule has 2 heteroatoms. The summed E-state index contributed by atoms with van der Waals surface area (Å²) in [6.45, 7) is 10.3. The maximum Gasteiger partial charge on any atom is 0.165 e. The summed E-state index contributed by atoms with van der Waals surface area (Å²) in [5, 5.41) is 0. The SMILES string of the molecule is CC(C)C#CC1CCN(c2ccc(C(=O)C(C)C)cc2)CC1. The zero-order chi connectivity index (χ0) is 16.1. The minimum Gasteiger partial charge on any atom is -0.371 e. The highest BCUT2D eigenvalue weighted by atomic mass is 16.1. The highest BCUT2D eigenvalue weighted by Gasteiger charge is 2.18. The van der Waals surface area contributed by atoms with Crippen LogP contribution in [-0.4, -0.2) is 18.9 Å². The summed E-state index contributed by atoms with van der Waals surface area (Å²) < 4.78 is 0. The standard InChI is InChI=1S/C20H27NO/c1-15(2)5-6-17-11-13-21(14-12-17)19-9-7-18(8-10-19)20(22)16(3)4/h7-10,15-17H,11-14H2,1-4H3. The van der Waals surface area contributed by atoms with Crippen molar-refractivity contribution in [1.29, 1.82) is 0 Å². The average Bonchev–Trinajstić information content (AvgIpc) is 2.53. The van der Waals surface area contributed by atoms with Gasteiger partial charge in [0.25, 0.3) is 0 Å². The third kappa shape index (κ3) is 4.37. The number of nitrogens with zero attached hydrogens (tertiary/aromatic N) is 1. The number of Topliss-reactive ketones (excluding diaryl/α,β-unsaturated/α-hetero) is 1. The van der Waals surface area contributed by atoms with Gasteiger partial charge in [-0.1, -0.05) is 33.6 Å². The molecule has 2 rings (SSSR count). The van der Waals surface area contributed by atoms with Crippen LogP contribution in [0.1, 0.15) is 50.9 Å². The topological polar surface area (TPSA) is 20.3 Å². The second kappa shape index (κ2) is 7.49. The van der Waals surface area contributed by atoms with Crippen LogP contribution in [0.15, 0.2) is 24.3 Å². The Hall–Kier alpha value is -1.75. The Labute approximate surface area is 134 Å². The van der Waals surface area contributed by atoms with Gasteiger partial charge in [0.05, 0.1) is 0 Å². The van der Waals surface area contributed by atoms with Crippen molar-refractivity contribution in [3.63, 3.8) is 0 Å². The number of carbonyl (C=O) groups excluding carboxylic acids is 1. The maximum atomic E-state index is 12.0. The molecule has 0 amide bonds. The van der Waals surface area contributed by atoms with E-state index in [1.807, 2.05) is 26.0 Å². The number of rotatable bonds is 3. The van der Waals surface area contributed by atoms with Gasteiger partial charge in [-0.25, -0.2) is 0 Å². The molecule has 22 heavy (non-hydrogen) atoms. The first kappa shape index (κ1) is 16.6. The Balaban J connectivity index is 1.95. The van der Waals surface area contributed by atoms with Gasteiger partial charge in [-0.3, -0.25) is 4.79 Å². The third-order valence-electron chi connectivity index (χ3n) is 4.11. The van der Waals surface area contributed by atoms with Crippen molar-refractivity contribution < 1.29 is 4.79 Å². The quantitative estimate of drug-likeness (QED) is 0.609. The summed E-state index contributed by atoms with van der Waals surface area (Å²) in [7, 11) is 0. The maximum absolute atomic E-state index is 12.0. The molecule has 0 aliphatic carbocycles. The van der Waals surface area contributed by atoms with E-state index in [-0.39, 0.29) is 11.7 Å². The fourth-order valence-electron chi connectivity index (χ4n) is 2.74. The van der Waals surface area contributed by atoms with Crippen molar-refractivity contribution in [2.75, 3.05) is 18.0 Å². The lowest BCUT2D eigenvalue weighted by molar-refractivity contribution is 0.0939. The van der Waals surface area contributed by atoms with E-state index >= 15 is 0 Å². The number of benzene rings is 1. The minimum absolute atomic E-state index is 0.0566. The monoisotopic (exact) mass is 297 g/mol. The summed E-state index contributed by atoms with van der Waals surface area (Å²) in [6, 6.07) is 8.08. The first-order valence-electron chi connectivity index (χ1n) is 8.37. The molecule has 1 aliphatic heterocycles. The first-order chi connectivity index (χ1) is 10.5. The Bertz CT molecular complexity index is 552. The largest absolute Gasteiger partial charge is 0.371 e. The van der Waals surface area contributed by atoms with Crippen molar-refractivity contribution in [3.05, 3.63) is 29.8 Å². The van der Waals surface area contributed by atoms with Crippen molar-refractivity contribution in [3.8, 4) is 11.8 Å². The van der Waals surface area contributed by atoms with Crippen LogP contribution in [0.5, 0.6) is 0 Å². The molecule has 0 atom stereocenters. The van der Waals surface area contributed by atoms with Crippen LogP contribution in [0.4, 0.5) is 5.69 Å². The van der Waals surface area contributed by atoms with Crippen LogP contribution in [0.3, 0.4) is 0 Å². The van der Waals surface area contributed by atoms with Gasteiger partial charge in [0.2, 0.25) is 0 Å². The lowest BCUT2D eigenvalue weighted by Crippen LogP contribution is -2.33. The van der Waals surface area contributed by atoms with Crippen molar-refractivity contribution in [2.24, 2.45) is 17.8 Å². The van der Waals surface area contributed by atoms with Crippen LogP contribution >= 0.6 is 0 Å². The zero-order valence-corrected chi connectivity index (χ0v) is 14.2. The van der Waals surface area contributed by atoms with Crippen molar-refractivity contribution >= 4 is 11.5 Å². The second-order valence-electron chi connectivity index (χ2n) is 6.77. The van der Waals surface area contributed by atoms with Crippen LogP contribution < -0.4 is 4.90 Å². The lowest BCUT2D eigenvalue weighted by Gasteiger charge is -2.31. The van der Waals surface area contributed by atoms with Crippen LogP contribution in [0.2, 0.25) is 0 Å². The number of hydrogen-bond acceptors (Lipinski definition) is 2. The first-order valence-corrected chi connectivity index (χ1v) is 8.37. The molecule has 0 bridgehead atoms. The summed E-state index contributed by atoms with van der Waals surface area (Å²) in [5.41, 5.74) is 2.03. The summed E-state index contributed by atoms with van der Waals surface area (Å²) in [5.74, 6) is 7.98. The molecule has 1 fully saturated rings. The van der Waals surface area contributed by atoms with Gasteiger partial charge in [0, 0.05) is 42.1 Å². The number of piperidine rings is 1. The molecular weight excluding hydrogens is 270 g/mol. The molecule has 1 aliphatic rings. The molecule has 0 spiro atoms. The fourth-order valence-corrected chi connectivity index (χ4v) is 2.74. The Morgan fingerprint density at radius 3 is 2.18 bits per heavy atom. The molecule has 2 nitrogen and oxygen atoms in total. The molecule has 118 valence electrons. The van der Waals surface area contributed by atoms with E-state index in [0.29, 0.717) is 11.8 Å². The average molecular weight is 297 g/mol. The molecule has 1 saturated heterocycles. The van der Waals surface area contributed by atoms with Gasteiger partial charge in [-0.15, -0.1) is 5.92 Å². The van der Waals surface area contributed by atoms with Crippen LogP contribution in [0, 0.1) is 29.6 Å². The molecule has 0 radical (unpaired) electrons. The highest BCUT2D eigenvalue weighted by Crippen LogP contribution is 2.24. The fraction of sp³-hybridized carbons (Fsp3) is 0.550. The molecule has 0 saturated carbocycles. The van der Waals surface area contributed by atoms with Gasteiger partial charge in [-0.2, -0.15) is 0 Å². The molecular formula is C20H27NO. The predicted molar refractivity (Wildman–Crippen MR) is 93.2 cm³/mol. The Morgan fingerprint density at radius 2 is 1.68 bits per heavy atom. The van der Waals surface area contributed by atoms with E-state index < -0.39 is 0 Å². The van der Waals surface area contributed by atoms with E-state index in [1.54, 1.807) is 0 Å². The Morgan fingerprint density at radius 1 is 1.09 bits per heavy atom. The molecule has 0 aromatic heterocycles. The minimum atomic E-state index is 0.0566. The van der Waals surface area contributed by atoms with Gasteiger partial charge < -0.3 is 4.90 Å². The molecule has 0 N–H and O–H groups in total. The highest BCUT2D eigenvalue weighted by molar-refractivity contribution is 5.97. The molecule has 1 heterocycles. The molecule has 1 aromatic carbocycles. The van der Waals surface area contributed by atoms with E-state index in [4.69, 9.17) is 0 Å².